The molecule has 0 unspecified atom stereocenters. The number of aromatic nitrogens is 2. The molecule has 1 aliphatic heterocycles. The van der Waals surface area contributed by atoms with Gasteiger partial charge < -0.3 is 15.0 Å². The molecule has 23 heavy (non-hydrogen) atoms. The fraction of sp³-hybridized carbons (Fsp3) is 0.688. The van der Waals surface area contributed by atoms with Gasteiger partial charge in [-0.05, 0) is 25.2 Å². The molecule has 1 amide bonds. The van der Waals surface area contributed by atoms with Crippen LogP contribution in [0.4, 0.5) is 5.69 Å². The number of methoxy groups -OCH3 is 1. The zero-order valence-corrected chi connectivity index (χ0v) is 14.1. The van der Waals surface area contributed by atoms with Crippen LogP contribution in [0.15, 0.2) is 17.1 Å². The maximum Gasteiger partial charge on any atom is 0.268 e. The minimum absolute atomic E-state index is 0.0341. The van der Waals surface area contributed by atoms with Crippen LogP contribution in [0.3, 0.4) is 0 Å². The summed E-state index contributed by atoms with van der Waals surface area (Å²) in [6, 6.07) is 1.62. The van der Waals surface area contributed by atoms with Crippen LogP contribution in [0.25, 0.3) is 0 Å². The molecule has 1 aromatic rings. The second-order valence-corrected chi connectivity index (χ2v) is 5.98. The van der Waals surface area contributed by atoms with Crippen LogP contribution in [0, 0.1) is 5.92 Å². The van der Waals surface area contributed by atoms with Crippen LogP contribution in [-0.4, -0.2) is 48.5 Å². The van der Waals surface area contributed by atoms with Crippen molar-refractivity contribution < 1.29 is 9.53 Å². The van der Waals surface area contributed by atoms with E-state index in [1.807, 2.05) is 6.92 Å². The van der Waals surface area contributed by atoms with Gasteiger partial charge in [-0.25, -0.2) is 4.68 Å². The van der Waals surface area contributed by atoms with Crippen molar-refractivity contribution in [3.63, 3.8) is 0 Å². The summed E-state index contributed by atoms with van der Waals surface area (Å²) < 4.78 is 6.46. The summed E-state index contributed by atoms with van der Waals surface area (Å²) in [6.45, 7) is 4.36. The zero-order chi connectivity index (χ0) is 16.8. The number of aryl methyl sites for hydroxylation is 1. The fourth-order valence-corrected chi connectivity index (χ4v) is 2.85. The standard InChI is InChI=1S/C16H26N4O3/c1-4-14(23-3)16(22)17-10-12-5-7-20(8-6-12)13-9-15(21)19(2)18-11-13/h9,11-12,14H,4-8,10H2,1-3H3,(H,17,22)/t14-/m0/s1. The van der Waals surface area contributed by atoms with E-state index in [4.69, 9.17) is 4.74 Å². The summed E-state index contributed by atoms with van der Waals surface area (Å²) in [4.78, 5) is 25.7. The number of anilines is 1. The summed E-state index contributed by atoms with van der Waals surface area (Å²) in [5.74, 6) is 0.428. The van der Waals surface area contributed by atoms with Gasteiger partial charge in [0, 0.05) is 39.9 Å². The Labute approximate surface area is 136 Å². The molecule has 1 N–H and O–H groups in total. The predicted molar refractivity (Wildman–Crippen MR) is 88.5 cm³/mol. The number of ether oxygens (including phenoxy) is 1. The fourth-order valence-electron chi connectivity index (χ4n) is 2.85. The molecule has 1 saturated heterocycles. The Balaban J connectivity index is 1.81. The average Bonchev–Trinajstić information content (AvgIpc) is 2.57. The number of carbonyl (C=O) groups is 1. The maximum atomic E-state index is 11.9. The highest BCUT2D eigenvalue weighted by atomic mass is 16.5. The molecular weight excluding hydrogens is 296 g/mol. The molecule has 7 heteroatoms. The summed E-state index contributed by atoms with van der Waals surface area (Å²) in [6.07, 6.45) is 4.02. The van der Waals surface area contributed by atoms with Crippen molar-refractivity contribution in [1.82, 2.24) is 15.1 Å². The van der Waals surface area contributed by atoms with Gasteiger partial charge in [0.25, 0.3) is 5.56 Å². The van der Waals surface area contributed by atoms with Gasteiger partial charge in [-0.2, -0.15) is 5.10 Å². The van der Waals surface area contributed by atoms with E-state index >= 15 is 0 Å². The molecule has 2 rings (SSSR count). The Bertz CT molecular complexity index is 575. The van der Waals surface area contributed by atoms with Crippen molar-refractivity contribution in [2.24, 2.45) is 13.0 Å². The molecule has 0 aromatic carbocycles. The minimum atomic E-state index is -0.360. The molecule has 1 aromatic heterocycles. The van der Waals surface area contributed by atoms with E-state index < -0.39 is 0 Å². The van der Waals surface area contributed by atoms with Crippen molar-refractivity contribution in [2.45, 2.75) is 32.3 Å². The first-order valence-electron chi connectivity index (χ1n) is 8.14. The highest BCUT2D eigenvalue weighted by Gasteiger charge is 2.22. The van der Waals surface area contributed by atoms with Gasteiger partial charge in [-0.15, -0.1) is 0 Å². The van der Waals surface area contributed by atoms with Crippen molar-refractivity contribution >= 4 is 11.6 Å². The summed E-state index contributed by atoms with van der Waals surface area (Å²) in [5, 5.41) is 7.04. The van der Waals surface area contributed by atoms with E-state index in [2.05, 4.69) is 15.3 Å². The Morgan fingerprint density at radius 1 is 1.48 bits per heavy atom. The monoisotopic (exact) mass is 322 g/mol. The Morgan fingerprint density at radius 3 is 2.74 bits per heavy atom. The number of nitrogens with one attached hydrogen (secondary N) is 1. The SMILES string of the molecule is CC[C@H](OC)C(=O)NCC1CCN(c2cnn(C)c(=O)c2)CC1. The molecular formula is C16H26N4O3. The van der Waals surface area contributed by atoms with E-state index in [0.717, 1.165) is 31.6 Å². The number of amides is 1. The van der Waals surface area contributed by atoms with Crippen LogP contribution in [0.2, 0.25) is 0 Å². The molecule has 1 aliphatic rings. The van der Waals surface area contributed by atoms with E-state index in [0.29, 0.717) is 18.9 Å². The molecule has 0 spiro atoms. The van der Waals surface area contributed by atoms with E-state index in [1.54, 1.807) is 26.4 Å². The third kappa shape index (κ3) is 4.54. The lowest BCUT2D eigenvalue weighted by molar-refractivity contribution is -0.131. The second kappa shape index (κ2) is 8.10. The topological polar surface area (TPSA) is 76.5 Å². The van der Waals surface area contributed by atoms with Gasteiger partial charge in [0.05, 0.1) is 11.9 Å². The first-order valence-corrected chi connectivity index (χ1v) is 8.14. The van der Waals surface area contributed by atoms with E-state index in [-0.39, 0.29) is 17.6 Å². The summed E-state index contributed by atoms with van der Waals surface area (Å²) in [7, 11) is 3.20. The molecule has 0 saturated carbocycles. The van der Waals surface area contributed by atoms with Crippen molar-refractivity contribution in [1.29, 1.82) is 0 Å². The predicted octanol–water partition coefficient (Wildman–Crippen LogP) is 0.538. The smallest absolute Gasteiger partial charge is 0.268 e. The molecule has 0 aliphatic carbocycles. The highest BCUT2D eigenvalue weighted by Crippen LogP contribution is 2.21. The lowest BCUT2D eigenvalue weighted by Gasteiger charge is -2.33. The summed E-state index contributed by atoms with van der Waals surface area (Å²) >= 11 is 0. The Morgan fingerprint density at radius 2 is 2.17 bits per heavy atom. The first-order chi connectivity index (χ1) is 11.0. The lowest BCUT2D eigenvalue weighted by Crippen LogP contribution is -2.42. The van der Waals surface area contributed by atoms with Gasteiger partial charge in [-0.1, -0.05) is 6.92 Å². The highest BCUT2D eigenvalue weighted by molar-refractivity contribution is 5.80. The lowest BCUT2D eigenvalue weighted by atomic mass is 9.96. The number of rotatable bonds is 6. The quantitative estimate of drug-likeness (QED) is 0.827. The van der Waals surface area contributed by atoms with Crippen LogP contribution < -0.4 is 15.8 Å². The summed E-state index contributed by atoms with van der Waals surface area (Å²) in [5.41, 5.74) is 0.781. The van der Waals surface area contributed by atoms with Crippen LogP contribution >= 0.6 is 0 Å². The second-order valence-electron chi connectivity index (χ2n) is 5.98. The first kappa shape index (κ1) is 17.5. The molecule has 2 heterocycles. The molecule has 7 nitrogen and oxygen atoms in total. The Kier molecular flexibility index (Phi) is 6.15. The normalized spacial score (nSPS) is 17.1. The minimum Gasteiger partial charge on any atom is -0.372 e. The van der Waals surface area contributed by atoms with Crippen molar-refractivity contribution in [3.8, 4) is 0 Å². The average molecular weight is 322 g/mol. The molecule has 1 atom stereocenters. The third-order valence-electron chi connectivity index (χ3n) is 4.45. The number of nitrogens with zero attached hydrogens (tertiary/aromatic N) is 3. The van der Waals surface area contributed by atoms with Crippen LogP contribution in [0.5, 0.6) is 0 Å². The zero-order valence-electron chi connectivity index (χ0n) is 14.1. The number of carbonyl (C=O) groups excluding carboxylic acids is 1. The molecule has 128 valence electrons. The van der Waals surface area contributed by atoms with E-state index in [1.165, 1.54) is 4.68 Å². The molecule has 1 fully saturated rings. The molecule has 0 bridgehead atoms. The van der Waals surface area contributed by atoms with Gasteiger partial charge in [-0.3, -0.25) is 9.59 Å². The molecule has 0 radical (unpaired) electrons. The van der Waals surface area contributed by atoms with Gasteiger partial charge >= 0.3 is 0 Å². The third-order valence-corrected chi connectivity index (χ3v) is 4.45. The number of piperidine rings is 1. The van der Waals surface area contributed by atoms with Crippen LogP contribution in [-0.2, 0) is 16.6 Å². The van der Waals surface area contributed by atoms with Crippen LogP contribution in [0.1, 0.15) is 26.2 Å². The number of hydrogen-bond donors (Lipinski definition) is 1. The van der Waals surface area contributed by atoms with Crippen molar-refractivity contribution in [2.75, 3.05) is 31.6 Å². The van der Waals surface area contributed by atoms with Gasteiger partial charge in [0.15, 0.2) is 0 Å². The largest absolute Gasteiger partial charge is 0.372 e. The number of hydrogen-bond acceptors (Lipinski definition) is 5. The Hall–Kier alpha value is -1.89. The maximum absolute atomic E-state index is 11.9. The van der Waals surface area contributed by atoms with Gasteiger partial charge in [0.1, 0.15) is 6.10 Å². The van der Waals surface area contributed by atoms with Gasteiger partial charge in [0.2, 0.25) is 5.91 Å². The van der Waals surface area contributed by atoms with E-state index in [9.17, 15) is 9.59 Å². The van der Waals surface area contributed by atoms with Crippen molar-refractivity contribution in [3.05, 3.63) is 22.6 Å².